The van der Waals surface area contributed by atoms with Crippen LogP contribution in [0.25, 0.3) is 0 Å². The van der Waals surface area contributed by atoms with Gasteiger partial charge in [0.05, 0.1) is 19.8 Å². The maximum atomic E-state index is 13.1. The molecule has 1 aromatic rings. The predicted molar refractivity (Wildman–Crippen MR) is 314 cm³/mol. The van der Waals surface area contributed by atoms with E-state index in [1.54, 1.807) is 0 Å². The van der Waals surface area contributed by atoms with Crippen molar-refractivity contribution in [3.05, 3.63) is 22.7 Å². The minimum atomic E-state index is -4.81. The van der Waals surface area contributed by atoms with Crippen LogP contribution < -0.4 is 10.8 Å². The number of nitrogens with zero attached hydrogens (tertiary/aromatic N) is 3. The summed E-state index contributed by atoms with van der Waals surface area (Å²) in [6.45, 7) is 6.02. The summed E-state index contributed by atoms with van der Waals surface area (Å²) in [4.78, 5) is 44.6. The molecule has 0 spiro atoms. The van der Waals surface area contributed by atoms with Gasteiger partial charge < -0.3 is 34.4 Å². The molecule has 0 radical (unpaired) electrons. The standard InChI is InChI=1S/C62H116N3O12P/c1-4-7-10-13-16-19-22-25-26-27-30-33-36-39-42-45-50-73-51-54(76-58(67)47-44-41-38-35-32-29-24-21-18-15-12-9-6-3)52-74-78(71,72)75-53-55-59(68)60(69)61(77-55)65-49-48-56(64-62(65)70)63-57(66)46-43-40-37-34-31-28-23-20-17-14-11-8-5-2/h48-49,54-55,59-61,68-69H,4-47,50-53H2,1-3H3,(H,71,72)(H,63,64,66,70)/p-1/t54?,55-,59-,60+,61-/m1/s1. The molecule has 1 aliphatic rings. The molecule has 1 aromatic heterocycles. The molecule has 78 heavy (non-hydrogen) atoms. The van der Waals surface area contributed by atoms with E-state index in [0.29, 0.717) is 19.4 Å². The van der Waals surface area contributed by atoms with E-state index in [2.05, 4.69) is 30.7 Å². The Bertz CT molecular complexity index is 1700. The zero-order valence-electron chi connectivity index (χ0n) is 49.8. The molecule has 0 saturated carbocycles. The Morgan fingerprint density at radius 3 is 1.42 bits per heavy atom. The van der Waals surface area contributed by atoms with Gasteiger partial charge in [-0.1, -0.05) is 271 Å². The molecule has 2 unspecified atom stereocenters. The van der Waals surface area contributed by atoms with E-state index in [-0.39, 0.29) is 31.2 Å². The average molecular weight is 1130 g/mol. The second-order valence-corrected chi connectivity index (χ2v) is 24.0. The number of aliphatic imine (C=N–C) groups is 1. The minimum Gasteiger partial charge on any atom is -0.862 e. The quantitative estimate of drug-likeness (QED) is 0.0182. The van der Waals surface area contributed by atoms with Crippen LogP contribution in [0.3, 0.4) is 0 Å². The Morgan fingerprint density at radius 2 is 1.00 bits per heavy atom. The van der Waals surface area contributed by atoms with Crippen LogP contribution in [0.2, 0.25) is 0 Å². The maximum Gasteiger partial charge on any atom is 0.472 e. The van der Waals surface area contributed by atoms with E-state index in [1.807, 2.05) is 0 Å². The first-order chi connectivity index (χ1) is 38.0. The average Bonchev–Trinajstić information content (AvgIpc) is 3.70. The molecule has 0 bridgehead atoms. The summed E-state index contributed by atoms with van der Waals surface area (Å²) in [6, 6.07) is 1.35. The molecule has 16 heteroatoms. The smallest absolute Gasteiger partial charge is 0.472 e. The largest absolute Gasteiger partial charge is 0.862 e. The summed E-state index contributed by atoms with van der Waals surface area (Å²) in [7, 11) is -4.81. The van der Waals surface area contributed by atoms with Crippen molar-refractivity contribution in [2.24, 2.45) is 4.99 Å². The zero-order chi connectivity index (χ0) is 56.6. The number of aromatic nitrogens is 2. The number of carbonyl (C=O) groups excluding carboxylic acids is 1. The number of phosphoric acid groups is 1. The fourth-order valence-corrected chi connectivity index (χ4v) is 11.0. The van der Waals surface area contributed by atoms with E-state index in [1.165, 1.54) is 211 Å². The van der Waals surface area contributed by atoms with Crippen molar-refractivity contribution in [2.75, 3.05) is 26.4 Å². The highest BCUT2D eigenvalue weighted by atomic mass is 31.2. The van der Waals surface area contributed by atoms with Gasteiger partial charge in [-0.2, -0.15) is 4.98 Å². The van der Waals surface area contributed by atoms with Crippen LogP contribution in [-0.2, 0) is 32.6 Å². The summed E-state index contributed by atoms with van der Waals surface area (Å²) in [5.74, 6) is -0.885. The summed E-state index contributed by atoms with van der Waals surface area (Å²) < 4.78 is 42.0. The van der Waals surface area contributed by atoms with Gasteiger partial charge in [0, 0.05) is 19.2 Å². The van der Waals surface area contributed by atoms with Gasteiger partial charge in [0.25, 0.3) is 0 Å². The van der Waals surface area contributed by atoms with Gasteiger partial charge in [-0.15, -0.1) is 0 Å². The first-order valence-electron chi connectivity index (χ1n) is 32.3. The number of hydrogen-bond acceptors (Lipinski definition) is 13. The van der Waals surface area contributed by atoms with Crippen LogP contribution >= 0.6 is 7.82 Å². The van der Waals surface area contributed by atoms with E-state index in [0.717, 1.165) is 62.4 Å². The summed E-state index contributed by atoms with van der Waals surface area (Å²) in [5, 5.41) is 34.2. The van der Waals surface area contributed by atoms with Crippen LogP contribution in [0.5, 0.6) is 0 Å². The summed E-state index contributed by atoms with van der Waals surface area (Å²) in [5.41, 5.74) is -0.870. The number of rotatable bonds is 56. The maximum absolute atomic E-state index is 13.1. The van der Waals surface area contributed by atoms with Gasteiger partial charge in [0.15, 0.2) is 12.0 Å². The molecule has 3 N–H and O–H groups in total. The van der Waals surface area contributed by atoms with Crippen LogP contribution in [0.1, 0.15) is 310 Å². The van der Waals surface area contributed by atoms with Crippen LogP contribution in [0.4, 0.5) is 5.82 Å². The summed E-state index contributed by atoms with van der Waals surface area (Å²) >= 11 is 0. The Labute approximate surface area is 474 Å². The Hall–Kier alpha value is -2.23. The molecule has 0 aromatic carbocycles. The van der Waals surface area contributed by atoms with Gasteiger partial charge >= 0.3 is 19.5 Å². The van der Waals surface area contributed by atoms with E-state index in [4.69, 9.17) is 23.3 Å². The van der Waals surface area contributed by atoms with Crippen molar-refractivity contribution < 1.29 is 52.8 Å². The topological polar surface area (TPSA) is 211 Å². The van der Waals surface area contributed by atoms with Gasteiger partial charge in [0.2, 0.25) is 0 Å². The fraction of sp³-hybridized carbons (Fsp3) is 0.903. The lowest BCUT2D eigenvalue weighted by Crippen LogP contribution is -2.36. The molecule has 1 saturated heterocycles. The van der Waals surface area contributed by atoms with E-state index >= 15 is 0 Å². The lowest BCUT2D eigenvalue weighted by atomic mass is 10.0. The second kappa shape index (κ2) is 49.4. The highest BCUT2D eigenvalue weighted by molar-refractivity contribution is 7.47. The third-order valence-corrected chi connectivity index (χ3v) is 16.2. The van der Waals surface area contributed by atoms with Gasteiger partial charge in [-0.3, -0.25) is 18.4 Å². The Morgan fingerprint density at radius 1 is 0.603 bits per heavy atom. The Kier molecular flexibility index (Phi) is 45.5. The second-order valence-electron chi connectivity index (χ2n) is 22.6. The van der Waals surface area contributed by atoms with E-state index < -0.39 is 63.3 Å². The number of aliphatic hydroxyl groups excluding tert-OH is 2. The highest BCUT2D eigenvalue weighted by Crippen LogP contribution is 2.44. The highest BCUT2D eigenvalue weighted by Gasteiger charge is 2.45. The summed E-state index contributed by atoms with van der Waals surface area (Å²) in [6.07, 6.45) is 46.1. The monoisotopic (exact) mass is 1120 g/mol. The number of esters is 1. The van der Waals surface area contributed by atoms with Crippen molar-refractivity contribution in [2.45, 2.75) is 334 Å². The number of phosphoric ester groups is 1. The molecular formula is C62H115N3O12P-. The third kappa shape index (κ3) is 38.5. The van der Waals surface area contributed by atoms with Crippen LogP contribution in [0.15, 0.2) is 22.1 Å². The van der Waals surface area contributed by atoms with Gasteiger partial charge in [-0.25, -0.2) is 14.4 Å². The molecule has 2 rings (SSSR count). The lowest BCUT2D eigenvalue weighted by molar-refractivity contribution is -0.218. The number of ether oxygens (including phenoxy) is 3. The predicted octanol–water partition coefficient (Wildman–Crippen LogP) is 15.5. The lowest BCUT2D eigenvalue weighted by Gasteiger charge is -2.21. The first-order valence-corrected chi connectivity index (χ1v) is 33.7. The Balaban J connectivity index is 1.78. The van der Waals surface area contributed by atoms with Crippen molar-refractivity contribution >= 4 is 25.5 Å². The van der Waals surface area contributed by atoms with Crippen molar-refractivity contribution in [1.29, 1.82) is 0 Å². The van der Waals surface area contributed by atoms with Crippen LogP contribution in [-0.4, -0.2) is 87.4 Å². The number of aliphatic hydroxyl groups is 2. The molecule has 1 aliphatic heterocycles. The molecular weight excluding hydrogens is 1010 g/mol. The van der Waals surface area contributed by atoms with Crippen molar-refractivity contribution in [3.8, 4) is 0 Å². The van der Waals surface area contributed by atoms with Crippen LogP contribution in [0, 0.1) is 0 Å². The molecule has 6 atom stereocenters. The first kappa shape index (κ1) is 71.9. The number of carbonyl (C=O) groups is 1. The fourth-order valence-electron chi connectivity index (χ4n) is 10.2. The SMILES string of the molecule is CCCCCCCCCCCCCCCCCCOCC(COP(=O)(O)OC[C@H]1O[C@@H](n2ccc(N=C([O-])CCCCCCCCCCCCCCC)nc2=O)[C@@H](O)[C@@H]1O)OC(=O)CCCCCCCCCCCCCCC. The van der Waals surface area contributed by atoms with E-state index in [9.17, 15) is 34.4 Å². The van der Waals surface area contributed by atoms with Crippen molar-refractivity contribution in [1.82, 2.24) is 9.55 Å². The molecule has 2 heterocycles. The molecule has 456 valence electrons. The zero-order valence-corrected chi connectivity index (χ0v) is 50.7. The number of hydrogen-bond donors (Lipinski definition) is 3. The minimum absolute atomic E-state index is 0.0239. The molecule has 1 fully saturated rings. The van der Waals surface area contributed by atoms with Crippen molar-refractivity contribution in [3.63, 3.8) is 0 Å². The van der Waals surface area contributed by atoms with Gasteiger partial charge in [0.1, 0.15) is 24.4 Å². The number of unbranched alkanes of at least 4 members (excludes halogenated alkanes) is 39. The molecule has 0 amide bonds. The molecule has 0 aliphatic carbocycles. The normalized spacial score (nSPS) is 17.9. The van der Waals surface area contributed by atoms with Gasteiger partial charge in [-0.05, 0) is 37.6 Å². The third-order valence-electron chi connectivity index (χ3n) is 15.2. The molecule has 15 nitrogen and oxygen atoms in total.